The van der Waals surface area contributed by atoms with Crippen molar-refractivity contribution < 1.29 is 9.53 Å². The molecule has 0 amide bonds. The predicted octanol–water partition coefficient (Wildman–Crippen LogP) is 3.53. The van der Waals surface area contributed by atoms with Crippen molar-refractivity contribution in [2.45, 2.75) is 45.6 Å². The smallest absolute Gasteiger partial charge is 0.178 e. The lowest BCUT2D eigenvalue weighted by molar-refractivity contribution is 0.0972. The number of rotatable bonds is 7. The van der Waals surface area contributed by atoms with Gasteiger partial charge in [-0.25, -0.2) is 0 Å². The van der Waals surface area contributed by atoms with E-state index in [1.54, 1.807) is 0 Å². The standard InChI is InChI=1S/C15H22N2O2S/c1-8(2)19-13-11(16)14(12(18)10-5-6-10)20-15(13)17-7-9-3-4-9/h8-10,17H,3-7,16H2,1-2H3. The summed E-state index contributed by atoms with van der Waals surface area (Å²) in [5.74, 6) is 1.84. The van der Waals surface area contributed by atoms with Gasteiger partial charge in [0.2, 0.25) is 0 Å². The molecule has 0 bridgehead atoms. The summed E-state index contributed by atoms with van der Waals surface area (Å²) in [5, 5.41) is 4.34. The van der Waals surface area contributed by atoms with Crippen LogP contribution in [0.3, 0.4) is 0 Å². The van der Waals surface area contributed by atoms with Gasteiger partial charge < -0.3 is 15.8 Å². The fourth-order valence-corrected chi connectivity index (χ4v) is 3.25. The molecule has 0 atom stereocenters. The summed E-state index contributed by atoms with van der Waals surface area (Å²) in [6.45, 7) is 4.90. The Labute approximate surface area is 123 Å². The van der Waals surface area contributed by atoms with Crippen LogP contribution in [0.4, 0.5) is 10.7 Å². The monoisotopic (exact) mass is 294 g/mol. The van der Waals surface area contributed by atoms with Gasteiger partial charge in [0.25, 0.3) is 0 Å². The van der Waals surface area contributed by atoms with E-state index < -0.39 is 0 Å². The van der Waals surface area contributed by atoms with Crippen molar-refractivity contribution in [2.24, 2.45) is 11.8 Å². The molecule has 1 aromatic heterocycles. The van der Waals surface area contributed by atoms with E-state index in [0.29, 0.717) is 16.3 Å². The predicted molar refractivity (Wildman–Crippen MR) is 82.8 cm³/mol. The van der Waals surface area contributed by atoms with Crippen LogP contribution in [0.15, 0.2) is 0 Å². The van der Waals surface area contributed by atoms with Crippen LogP contribution >= 0.6 is 11.3 Å². The van der Waals surface area contributed by atoms with Gasteiger partial charge in [-0.3, -0.25) is 4.79 Å². The van der Waals surface area contributed by atoms with E-state index in [1.165, 1.54) is 24.2 Å². The number of nitrogens with one attached hydrogen (secondary N) is 1. The summed E-state index contributed by atoms with van der Waals surface area (Å²) < 4.78 is 5.83. The zero-order chi connectivity index (χ0) is 14.3. The molecule has 3 rings (SSSR count). The van der Waals surface area contributed by atoms with Crippen molar-refractivity contribution in [1.82, 2.24) is 0 Å². The van der Waals surface area contributed by atoms with Gasteiger partial charge in [0, 0.05) is 12.5 Å². The molecule has 2 saturated carbocycles. The van der Waals surface area contributed by atoms with Gasteiger partial charge >= 0.3 is 0 Å². The van der Waals surface area contributed by atoms with E-state index in [2.05, 4.69) is 5.32 Å². The van der Waals surface area contributed by atoms with Crippen LogP contribution in [0, 0.1) is 11.8 Å². The molecule has 2 aliphatic carbocycles. The van der Waals surface area contributed by atoms with E-state index in [1.807, 2.05) is 13.8 Å². The molecule has 4 nitrogen and oxygen atoms in total. The molecule has 1 heterocycles. The quantitative estimate of drug-likeness (QED) is 0.755. The third-order valence-electron chi connectivity index (χ3n) is 3.67. The molecule has 0 aromatic carbocycles. The highest BCUT2D eigenvalue weighted by atomic mass is 32.1. The summed E-state index contributed by atoms with van der Waals surface area (Å²) in [6.07, 6.45) is 4.64. The number of nitrogens with two attached hydrogens (primary N) is 1. The number of carbonyl (C=O) groups is 1. The normalized spacial score (nSPS) is 18.4. The average molecular weight is 294 g/mol. The van der Waals surface area contributed by atoms with Crippen LogP contribution in [-0.4, -0.2) is 18.4 Å². The second kappa shape index (κ2) is 5.28. The molecule has 3 N–H and O–H groups in total. The van der Waals surface area contributed by atoms with Crippen LogP contribution in [0.25, 0.3) is 0 Å². The Morgan fingerprint density at radius 1 is 1.40 bits per heavy atom. The third-order valence-corrected chi connectivity index (χ3v) is 4.83. The molecule has 0 aliphatic heterocycles. The molecule has 0 unspecified atom stereocenters. The van der Waals surface area contributed by atoms with Crippen LogP contribution in [0.2, 0.25) is 0 Å². The van der Waals surface area contributed by atoms with Gasteiger partial charge in [-0.15, -0.1) is 11.3 Å². The first-order chi connectivity index (χ1) is 9.56. The van der Waals surface area contributed by atoms with Gasteiger partial charge in [0.1, 0.15) is 5.00 Å². The minimum Gasteiger partial charge on any atom is -0.486 e. The van der Waals surface area contributed by atoms with E-state index >= 15 is 0 Å². The van der Waals surface area contributed by atoms with Crippen LogP contribution in [-0.2, 0) is 0 Å². The van der Waals surface area contributed by atoms with Gasteiger partial charge in [0.05, 0.1) is 16.7 Å². The number of Topliss-reactive ketones (excluding diaryl/α,β-unsaturated/α-hetero) is 1. The summed E-state index contributed by atoms with van der Waals surface area (Å²) in [7, 11) is 0. The second-order valence-corrected chi connectivity index (χ2v) is 7.15. The Kier molecular flexibility index (Phi) is 3.63. The number of carbonyl (C=O) groups excluding carboxylic acids is 1. The number of thiophene rings is 1. The van der Waals surface area contributed by atoms with Crippen molar-refractivity contribution in [1.29, 1.82) is 0 Å². The highest BCUT2D eigenvalue weighted by molar-refractivity contribution is 7.19. The van der Waals surface area contributed by atoms with E-state index in [-0.39, 0.29) is 17.8 Å². The van der Waals surface area contributed by atoms with Crippen molar-refractivity contribution >= 4 is 27.8 Å². The van der Waals surface area contributed by atoms with Crippen molar-refractivity contribution in [3.05, 3.63) is 4.88 Å². The number of ketones is 1. The van der Waals surface area contributed by atoms with Gasteiger partial charge in [-0.1, -0.05) is 0 Å². The summed E-state index contributed by atoms with van der Waals surface area (Å²) >= 11 is 1.46. The molecular weight excluding hydrogens is 272 g/mol. The summed E-state index contributed by atoms with van der Waals surface area (Å²) in [6, 6.07) is 0. The van der Waals surface area contributed by atoms with E-state index in [4.69, 9.17) is 10.5 Å². The average Bonchev–Trinajstić information content (AvgIpc) is 3.27. The Morgan fingerprint density at radius 2 is 2.10 bits per heavy atom. The summed E-state index contributed by atoms with van der Waals surface area (Å²) in [4.78, 5) is 13.0. The lowest BCUT2D eigenvalue weighted by Crippen LogP contribution is -2.10. The summed E-state index contributed by atoms with van der Waals surface area (Å²) in [5.41, 5.74) is 6.69. The first-order valence-electron chi connectivity index (χ1n) is 7.43. The lowest BCUT2D eigenvalue weighted by Gasteiger charge is -2.12. The second-order valence-electron chi connectivity index (χ2n) is 6.13. The number of nitrogen functional groups attached to an aromatic ring is 1. The topological polar surface area (TPSA) is 64.3 Å². The van der Waals surface area contributed by atoms with E-state index in [0.717, 1.165) is 30.3 Å². The minimum absolute atomic E-state index is 0.0530. The highest BCUT2D eigenvalue weighted by Crippen LogP contribution is 2.47. The SMILES string of the molecule is CC(C)Oc1c(NCC2CC2)sc(C(=O)C2CC2)c1N. The third kappa shape index (κ3) is 2.92. The minimum atomic E-state index is 0.0530. The lowest BCUT2D eigenvalue weighted by atomic mass is 10.2. The Balaban J connectivity index is 1.83. The molecule has 0 spiro atoms. The van der Waals surface area contributed by atoms with Crippen LogP contribution < -0.4 is 15.8 Å². The maximum absolute atomic E-state index is 12.3. The Bertz CT molecular complexity index is 516. The Hall–Kier alpha value is -1.23. The molecule has 0 radical (unpaired) electrons. The zero-order valence-electron chi connectivity index (χ0n) is 12.1. The van der Waals surface area contributed by atoms with Gasteiger partial charge in [0.15, 0.2) is 11.5 Å². The molecular formula is C15H22N2O2S. The van der Waals surface area contributed by atoms with Crippen molar-refractivity contribution in [3.8, 4) is 5.75 Å². The Morgan fingerprint density at radius 3 is 2.65 bits per heavy atom. The zero-order valence-corrected chi connectivity index (χ0v) is 12.9. The van der Waals surface area contributed by atoms with Crippen molar-refractivity contribution in [3.63, 3.8) is 0 Å². The van der Waals surface area contributed by atoms with E-state index in [9.17, 15) is 4.79 Å². The molecule has 1 aromatic rings. The number of anilines is 2. The molecule has 0 saturated heterocycles. The van der Waals surface area contributed by atoms with Gasteiger partial charge in [-0.05, 0) is 45.4 Å². The molecule has 5 heteroatoms. The largest absolute Gasteiger partial charge is 0.486 e. The van der Waals surface area contributed by atoms with Crippen molar-refractivity contribution in [2.75, 3.05) is 17.6 Å². The van der Waals surface area contributed by atoms with Crippen LogP contribution in [0.5, 0.6) is 5.75 Å². The number of ether oxygens (including phenoxy) is 1. The highest BCUT2D eigenvalue weighted by Gasteiger charge is 2.35. The number of hydrogen-bond donors (Lipinski definition) is 2. The van der Waals surface area contributed by atoms with Crippen LogP contribution in [0.1, 0.15) is 49.2 Å². The molecule has 2 aliphatic rings. The molecule has 20 heavy (non-hydrogen) atoms. The molecule has 110 valence electrons. The fraction of sp³-hybridized carbons (Fsp3) is 0.667. The van der Waals surface area contributed by atoms with Gasteiger partial charge in [-0.2, -0.15) is 0 Å². The fourth-order valence-electron chi connectivity index (χ4n) is 2.17. The first-order valence-corrected chi connectivity index (χ1v) is 8.25. The number of hydrogen-bond acceptors (Lipinski definition) is 5. The maximum atomic E-state index is 12.3. The maximum Gasteiger partial charge on any atom is 0.178 e. The first kappa shape index (κ1) is 13.7. The molecule has 2 fully saturated rings.